The average molecular weight is 207 g/mol. The van der Waals surface area contributed by atoms with Crippen molar-refractivity contribution in [3.05, 3.63) is 30.3 Å². The van der Waals surface area contributed by atoms with Gasteiger partial charge in [0.2, 0.25) is 0 Å². The molecule has 0 aliphatic carbocycles. The van der Waals surface area contributed by atoms with Crippen molar-refractivity contribution < 1.29 is 9.90 Å². The van der Waals surface area contributed by atoms with Crippen LogP contribution in [0, 0.1) is 0 Å². The Morgan fingerprint density at radius 3 is 2.20 bits per heavy atom. The molecule has 15 heavy (non-hydrogen) atoms. The van der Waals surface area contributed by atoms with Gasteiger partial charge in [-0.3, -0.25) is 0 Å². The number of nitrogens with one attached hydrogen (secondary N) is 1. The van der Waals surface area contributed by atoms with Crippen LogP contribution >= 0.6 is 0 Å². The molecule has 1 rings (SSSR count). The fraction of sp³-hybridized carbons (Fsp3) is 0.417. The van der Waals surface area contributed by atoms with Gasteiger partial charge in [-0.1, -0.05) is 32.0 Å². The SMILES string of the molecule is CCC(CC)(Nc1ccccc1)C(=O)O. The fourth-order valence-electron chi connectivity index (χ4n) is 1.58. The van der Waals surface area contributed by atoms with Gasteiger partial charge >= 0.3 is 5.97 Å². The Labute approximate surface area is 90.1 Å². The first-order chi connectivity index (χ1) is 7.14. The highest BCUT2D eigenvalue weighted by molar-refractivity contribution is 5.82. The second kappa shape index (κ2) is 4.82. The molecule has 0 fully saturated rings. The molecule has 3 nitrogen and oxygen atoms in total. The van der Waals surface area contributed by atoms with Gasteiger partial charge in [0.15, 0.2) is 0 Å². The topological polar surface area (TPSA) is 49.3 Å². The Bertz CT molecular complexity index is 318. The van der Waals surface area contributed by atoms with Gasteiger partial charge in [0.1, 0.15) is 5.54 Å². The molecule has 0 radical (unpaired) electrons. The minimum atomic E-state index is -0.846. The summed E-state index contributed by atoms with van der Waals surface area (Å²) < 4.78 is 0. The number of benzene rings is 1. The summed E-state index contributed by atoms with van der Waals surface area (Å²) >= 11 is 0. The van der Waals surface area contributed by atoms with E-state index in [1.54, 1.807) is 0 Å². The normalized spacial score (nSPS) is 11.1. The number of carbonyl (C=O) groups is 1. The molecule has 1 aromatic carbocycles. The lowest BCUT2D eigenvalue weighted by molar-refractivity contribution is -0.142. The molecule has 0 bridgehead atoms. The van der Waals surface area contributed by atoms with Crippen LogP contribution in [0.3, 0.4) is 0 Å². The first kappa shape index (κ1) is 11.6. The molecule has 0 aromatic heterocycles. The first-order valence-corrected chi connectivity index (χ1v) is 5.21. The van der Waals surface area contributed by atoms with Gasteiger partial charge in [0.25, 0.3) is 0 Å². The Balaban J connectivity index is 2.89. The van der Waals surface area contributed by atoms with E-state index in [0.29, 0.717) is 12.8 Å². The lowest BCUT2D eigenvalue weighted by Gasteiger charge is -2.29. The maximum absolute atomic E-state index is 11.2. The molecular formula is C12H17NO2. The van der Waals surface area contributed by atoms with E-state index in [1.807, 2.05) is 44.2 Å². The summed E-state index contributed by atoms with van der Waals surface area (Å²) in [6.45, 7) is 3.76. The monoisotopic (exact) mass is 207 g/mol. The minimum absolute atomic E-state index is 0.563. The van der Waals surface area contributed by atoms with Crippen molar-refractivity contribution in [3.63, 3.8) is 0 Å². The Kier molecular flexibility index (Phi) is 3.72. The highest BCUT2D eigenvalue weighted by Gasteiger charge is 2.34. The third kappa shape index (κ3) is 2.49. The average Bonchev–Trinajstić information content (AvgIpc) is 2.27. The largest absolute Gasteiger partial charge is 0.480 e. The van der Waals surface area contributed by atoms with Gasteiger partial charge in [-0.2, -0.15) is 0 Å². The van der Waals surface area contributed by atoms with Crippen molar-refractivity contribution >= 4 is 11.7 Å². The second-order valence-corrected chi connectivity index (χ2v) is 3.59. The molecule has 0 aliphatic heterocycles. The Hall–Kier alpha value is -1.51. The van der Waals surface area contributed by atoms with Crippen molar-refractivity contribution in [2.45, 2.75) is 32.2 Å². The number of anilines is 1. The highest BCUT2D eigenvalue weighted by Crippen LogP contribution is 2.22. The van der Waals surface area contributed by atoms with Crippen LogP contribution in [-0.2, 0) is 4.79 Å². The Morgan fingerprint density at radius 1 is 1.27 bits per heavy atom. The van der Waals surface area contributed by atoms with Crippen LogP contribution < -0.4 is 5.32 Å². The van der Waals surface area contributed by atoms with E-state index in [4.69, 9.17) is 0 Å². The number of hydrogen-bond acceptors (Lipinski definition) is 2. The smallest absolute Gasteiger partial charge is 0.329 e. The van der Waals surface area contributed by atoms with Gasteiger partial charge in [-0.05, 0) is 25.0 Å². The second-order valence-electron chi connectivity index (χ2n) is 3.59. The zero-order valence-corrected chi connectivity index (χ0v) is 9.16. The van der Waals surface area contributed by atoms with E-state index >= 15 is 0 Å². The first-order valence-electron chi connectivity index (χ1n) is 5.21. The molecule has 0 saturated carbocycles. The molecule has 82 valence electrons. The van der Waals surface area contributed by atoms with E-state index in [-0.39, 0.29) is 0 Å². The van der Waals surface area contributed by atoms with Crippen LogP contribution in [0.25, 0.3) is 0 Å². The van der Waals surface area contributed by atoms with Crippen molar-refractivity contribution in [2.75, 3.05) is 5.32 Å². The zero-order valence-electron chi connectivity index (χ0n) is 9.16. The van der Waals surface area contributed by atoms with Crippen LogP contribution in [-0.4, -0.2) is 16.6 Å². The highest BCUT2D eigenvalue weighted by atomic mass is 16.4. The van der Waals surface area contributed by atoms with Crippen LogP contribution in [0.4, 0.5) is 5.69 Å². The lowest BCUT2D eigenvalue weighted by Crippen LogP contribution is -2.45. The molecule has 0 amide bonds. The lowest BCUT2D eigenvalue weighted by atomic mass is 9.92. The summed E-state index contributed by atoms with van der Waals surface area (Å²) in [5, 5.41) is 12.3. The maximum atomic E-state index is 11.2. The number of carboxylic acid groups (broad SMARTS) is 1. The predicted molar refractivity (Wildman–Crippen MR) is 61.0 cm³/mol. The summed E-state index contributed by atoms with van der Waals surface area (Å²) in [5.74, 6) is -0.795. The van der Waals surface area contributed by atoms with Crippen molar-refractivity contribution in [1.29, 1.82) is 0 Å². The summed E-state index contributed by atoms with van der Waals surface area (Å²) in [5.41, 5.74) is 0.00468. The number of para-hydroxylation sites is 1. The zero-order chi connectivity index (χ0) is 11.3. The van der Waals surface area contributed by atoms with E-state index in [9.17, 15) is 9.90 Å². The van der Waals surface area contributed by atoms with Gasteiger partial charge in [0.05, 0.1) is 0 Å². The van der Waals surface area contributed by atoms with Crippen LogP contribution in [0.2, 0.25) is 0 Å². The van der Waals surface area contributed by atoms with E-state index < -0.39 is 11.5 Å². The number of aliphatic carboxylic acids is 1. The molecule has 0 unspecified atom stereocenters. The van der Waals surface area contributed by atoms with Crippen LogP contribution in [0.5, 0.6) is 0 Å². The van der Waals surface area contributed by atoms with Gasteiger partial charge < -0.3 is 10.4 Å². The molecule has 1 aromatic rings. The van der Waals surface area contributed by atoms with Crippen molar-refractivity contribution in [1.82, 2.24) is 0 Å². The van der Waals surface area contributed by atoms with E-state index in [2.05, 4.69) is 5.32 Å². The molecule has 0 heterocycles. The van der Waals surface area contributed by atoms with Gasteiger partial charge in [-0.25, -0.2) is 4.79 Å². The van der Waals surface area contributed by atoms with Gasteiger partial charge in [-0.15, -0.1) is 0 Å². The quantitative estimate of drug-likeness (QED) is 0.780. The van der Waals surface area contributed by atoms with E-state index in [0.717, 1.165) is 5.69 Å². The van der Waals surface area contributed by atoms with E-state index in [1.165, 1.54) is 0 Å². The summed E-state index contributed by atoms with van der Waals surface area (Å²) in [4.78, 5) is 11.2. The van der Waals surface area contributed by atoms with Crippen LogP contribution in [0.1, 0.15) is 26.7 Å². The maximum Gasteiger partial charge on any atom is 0.329 e. The third-order valence-corrected chi connectivity index (χ3v) is 2.77. The summed E-state index contributed by atoms with van der Waals surface area (Å²) in [7, 11) is 0. The van der Waals surface area contributed by atoms with Crippen LogP contribution in [0.15, 0.2) is 30.3 Å². The third-order valence-electron chi connectivity index (χ3n) is 2.77. The molecule has 2 N–H and O–H groups in total. The van der Waals surface area contributed by atoms with Gasteiger partial charge in [0, 0.05) is 5.69 Å². The standard InChI is InChI=1S/C12H17NO2/c1-3-12(4-2,11(14)15)13-10-8-6-5-7-9-10/h5-9,13H,3-4H2,1-2H3,(H,14,15). The Morgan fingerprint density at radius 2 is 1.80 bits per heavy atom. The van der Waals surface area contributed by atoms with Crippen molar-refractivity contribution in [2.24, 2.45) is 0 Å². The molecule has 0 atom stereocenters. The number of rotatable bonds is 5. The summed E-state index contributed by atoms with van der Waals surface area (Å²) in [6.07, 6.45) is 1.13. The molecule has 0 spiro atoms. The fourth-order valence-corrected chi connectivity index (χ4v) is 1.58. The summed E-state index contributed by atoms with van der Waals surface area (Å²) in [6, 6.07) is 9.44. The number of hydrogen-bond donors (Lipinski definition) is 2. The minimum Gasteiger partial charge on any atom is -0.480 e. The molecule has 3 heteroatoms. The number of carboxylic acids is 1. The molecular weight excluding hydrogens is 190 g/mol. The van der Waals surface area contributed by atoms with Crippen molar-refractivity contribution in [3.8, 4) is 0 Å². The predicted octanol–water partition coefficient (Wildman–Crippen LogP) is 2.74. The molecule has 0 aliphatic rings. The molecule has 0 saturated heterocycles.